The zero-order valence-corrected chi connectivity index (χ0v) is 20.4. The van der Waals surface area contributed by atoms with Gasteiger partial charge in [0, 0.05) is 5.69 Å². The van der Waals surface area contributed by atoms with Gasteiger partial charge < -0.3 is 10.1 Å². The average Bonchev–Trinajstić information content (AvgIpc) is 3.44. The van der Waals surface area contributed by atoms with Crippen LogP contribution in [-0.4, -0.2) is 33.7 Å². The Bertz CT molecular complexity index is 1270. The Morgan fingerprint density at radius 1 is 1.12 bits per heavy atom. The van der Waals surface area contributed by atoms with Crippen molar-refractivity contribution in [3.05, 3.63) is 87.0 Å². The summed E-state index contributed by atoms with van der Waals surface area (Å²) in [6, 6.07) is 17.9. The van der Waals surface area contributed by atoms with E-state index in [9.17, 15) is 14.4 Å². The van der Waals surface area contributed by atoms with Crippen LogP contribution in [0.2, 0.25) is 0 Å². The SMILES string of the molecule is Cc1cccc(NC(=O)COc2ccc(/C=C3/SC(=S)N(NC(=O)c4cccs4)C3=O)cc2)c1. The zero-order valence-electron chi connectivity index (χ0n) is 17.9. The molecule has 2 N–H and O–H groups in total. The van der Waals surface area contributed by atoms with Gasteiger partial charge in [0.15, 0.2) is 10.9 Å². The number of hydrazine groups is 1. The molecule has 2 heterocycles. The van der Waals surface area contributed by atoms with E-state index in [2.05, 4.69) is 10.7 Å². The molecule has 4 rings (SSSR count). The molecule has 1 fully saturated rings. The largest absolute Gasteiger partial charge is 0.484 e. The number of rotatable bonds is 7. The van der Waals surface area contributed by atoms with Crippen LogP contribution in [0, 0.1) is 6.92 Å². The molecule has 0 atom stereocenters. The van der Waals surface area contributed by atoms with Crippen LogP contribution in [0.15, 0.2) is 70.9 Å². The number of benzene rings is 2. The highest BCUT2D eigenvalue weighted by Gasteiger charge is 2.33. The molecule has 10 heteroatoms. The Balaban J connectivity index is 1.33. The molecule has 0 aliphatic carbocycles. The van der Waals surface area contributed by atoms with Gasteiger partial charge in [0.05, 0.1) is 9.78 Å². The van der Waals surface area contributed by atoms with Crippen LogP contribution in [0.4, 0.5) is 5.69 Å². The number of nitrogens with zero attached hydrogens (tertiary/aromatic N) is 1. The van der Waals surface area contributed by atoms with Crippen molar-refractivity contribution in [2.45, 2.75) is 6.92 Å². The lowest BCUT2D eigenvalue weighted by atomic mass is 10.2. The van der Waals surface area contributed by atoms with Crippen LogP contribution in [0.25, 0.3) is 6.08 Å². The summed E-state index contributed by atoms with van der Waals surface area (Å²) in [6.07, 6.45) is 1.69. The minimum atomic E-state index is -0.395. The highest BCUT2D eigenvalue weighted by molar-refractivity contribution is 8.26. The number of carbonyl (C=O) groups excluding carboxylic acids is 3. The molecule has 0 bridgehead atoms. The molecule has 1 saturated heterocycles. The van der Waals surface area contributed by atoms with Crippen LogP contribution in [0.5, 0.6) is 5.75 Å². The summed E-state index contributed by atoms with van der Waals surface area (Å²) in [7, 11) is 0. The first-order valence-electron chi connectivity index (χ1n) is 10.1. The third kappa shape index (κ3) is 5.90. The molecule has 34 heavy (non-hydrogen) atoms. The first-order chi connectivity index (χ1) is 16.4. The smallest absolute Gasteiger partial charge is 0.285 e. The van der Waals surface area contributed by atoms with Gasteiger partial charge in [0.1, 0.15) is 5.75 Å². The van der Waals surface area contributed by atoms with Crippen molar-refractivity contribution in [3.63, 3.8) is 0 Å². The number of ether oxygens (including phenoxy) is 1. The Morgan fingerprint density at radius 3 is 2.62 bits per heavy atom. The van der Waals surface area contributed by atoms with E-state index in [-0.39, 0.29) is 22.7 Å². The molecule has 0 unspecified atom stereocenters. The Hall–Kier alpha value is -3.47. The lowest BCUT2D eigenvalue weighted by Crippen LogP contribution is -2.44. The maximum atomic E-state index is 12.7. The van der Waals surface area contributed by atoms with Gasteiger partial charge in [-0.2, -0.15) is 5.01 Å². The van der Waals surface area contributed by atoms with E-state index in [4.69, 9.17) is 17.0 Å². The minimum absolute atomic E-state index is 0.129. The number of aryl methyl sites for hydroxylation is 1. The molecular weight excluding hydrogens is 490 g/mol. The van der Waals surface area contributed by atoms with Gasteiger partial charge in [-0.15, -0.1) is 11.3 Å². The Labute approximate surface area is 209 Å². The second-order valence-electron chi connectivity index (χ2n) is 7.21. The van der Waals surface area contributed by atoms with Crippen molar-refractivity contribution in [1.29, 1.82) is 0 Å². The number of carbonyl (C=O) groups is 3. The van der Waals surface area contributed by atoms with Gasteiger partial charge >= 0.3 is 0 Å². The summed E-state index contributed by atoms with van der Waals surface area (Å²) in [5.74, 6) is -0.524. The number of thiophene rings is 1. The number of thiocarbonyl (C=S) groups is 1. The highest BCUT2D eigenvalue weighted by Crippen LogP contribution is 2.32. The van der Waals surface area contributed by atoms with Crippen LogP contribution in [0.1, 0.15) is 20.8 Å². The van der Waals surface area contributed by atoms with Crippen LogP contribution < -0.4 is 15.5 Å². The summed E-state index contributed by atoms with van der Waals surface area (Å²) < 4.78 is 5.80. The fourth-order valence-electron chi connectivity index (χ4n) is 3.01. The predicted octanol–water partition coefficient (Wildman–Crippen LogP) is 4.62. The summed E-state index contributed by atoms with van der Waals surface area (Å²) in [6.45, 7) is 1.82. The Kier molecular flexibility index (Phi) is 7.41. The van der Waals surface area contributed by atoms with Crippen molar-refractivity contribution < 1.29 is 19.1 Å². The summed E-state index contributed by atoms with van der Waals surface area (Å²) in [5, 5.41) is 5.65. The monoisotopic (exact) mass is 509 g/mol. The standard InChI is InChI=1S/C24H19N3O4S3/c1-15-4-2-5-17(12-15)25-21(28)14-31-18-9-7-16(8-10-18)13-20-23(30)27(24(32)34-20)26-22(29)19-6-3-11-33-19/h2-13H,14H2,1H3,(H,25,28)(H,26,29)/b20-13+. The first-order valence-corrected chi connectivity index (χ1v) is 12.2. The summed E-state index contributed by atoms with van der Waals surface area (Å²) in [4.78, 5) is 38.0. The molecule has 0 saturated carbocycles. The molecule has 3 amide bonds. The van der Waals surface area contributed by atoms with Crippen molar-refractivity contribution in [1.82, 2.24) is 10.4 Å². The third-order valence-corrected chi connectivity index (χ3v) is 6.77. The maximum absolute atomic E-state index is 12.7. The normalized spacial score (nSPS) is 14.4. The van der Waals surface area contributed by atoms with E-state index in [1.165, 1.54) is 11.3 Å². The number of thioether (sulfide) groups is 1. The van der Waals surface area contributed by atoms with Crippen molar-refractivity contribution in [2.75, 3.05) is 11.9 Å². The number of anilines is 1. The summed E-state index contributed by atoms with van der Waals surface area (Å²) >= 11 is 7.64. The fourth-order valence-corrected chi connectivity index (χ4v) is 4.80. The van der Waals surface area contributed by atoms with Gasteiger partial charge in [-0.1, -0.05) is 42.1 Å². The lowest BCUT2D eigenvalue weighted by Gasteiger charge is -2.14. The van der Waals surface area contributed by atoms with Crippen molar-refractivity contribution >= 4 is 69.1 Å². The first kappa shape index (κ1) is 23.7. The molecule has 1 aliphatic rings. The van der Waals surface area contributed by atoms with E-state index in [1.807, 2.05) is 31.2 Å². The molecule has 1 aromatic heterocycles. The second kappa shape index (κ2) is 10.6. The maximum Gasteiger partial charge on any atom is 0.285 e. The predicted molar refractivity (Wildman–Crippen MR) is 139 cm³/mol. The van der Waals surface area contributed by atoms with E-state index in [0.29, 0.717) is 21.2 Å². The van der Waals surface area contributed by atoms with Gasteiger partial charge in [0.25, 0.3) is 17.7 Å². The third-order valence-electron chi connectivity index (χ3n) is 4.60. The number of nitrogens with one attached hydrogen (secondary N) is 2. The zero-order chi connectivity index (χ0) is 24.1. The second-order valence-corrected chi connectivity index (χ2v) is 9.83. The Morgan fingerprint density at radius 2 is 1.91 bits per heavy atom. The highest BCUT2D eigenvalue weighted by atomic mass is 32.2. The number of hydrogen-bond acceptors (Lipinski definition) is 7. The number of hydrogen-bond donors (Lipinski definition) is 2. The molecule has 0 spiro atoms. The summed E-state index contributed by atoms with van der Waals surface area (Å²) in [5.41, 5.74) is 5.07. The van der Waals surface area contributed by atoms with Crippen LogP contribution in [0.3, 0.4) is 0 Å². The lowest BCUT2D eigenvalue weighted by molar-refractivity contribution is -0.123. The van der Waals surface area contributed by atoms with Gasteiger partial charge in [-0.3, -0.25) is 19.8 Å². The van der Waals surface area contributed by atoms with E-state index >= 15 is 0 Å². The van der Waals surface area contributed by atoms with Gasteiger partial charge in [-0.25, -0.2) is 0 Å². The molecule has 7 nitrogen and oxygen atoms in total. The fraction of sp³-hybridized carbons (Fsp3) is 0.0833. The molecule has 1 aliphatic heterocycles. The molecule has 3 aromatic rings. The van der Waals surface area contributed by atoms with E-state index < -0.39 is 5.91 Å². The molecule has 2 aromatic carbocycles. The molecule has 0 radical (unpaired) electrons. The van der Waals surface area contributed by atoms with E-state index in [0.717, 1.165) is 27.9 Å². The van der Waals surface area contributed by atoms with Crippen LogP contribution in [-0.2, 0) is 9.59 Å². The topological polar surface area (TPSA) is 87.7 Å². The van der Waals surface area contributed by atoms with Gasteiger partial charge in [0.2, 0.25) is 0 Å². The molecule has 172 valence electrons. The van der Waals surface area contributed by atoms with Crippen molar-refractivity contribution in [3.8, 4) is 5.75 Å². The quantitative estimate of drug-likeness (QED) is 0.357. The average molecular weight is 510 g/mol. The van der Waals surface area contributed by atoms with Crippen LogP contribution >= 0.6 is 35.3 Å². The molecular formula is C24H19N3O4S3. The van der Waals surface area contributed by atoms with Crippen molar-refractivity contribution in [2.24, 2.45) is 0 Å². The number of amides is 3. The van der Waals surface area contributed by atoms with E-state index in [1.54, 1.807) is 47.9 Å². The van der Waals surface area contributed by atoms with Gasteiger partial charge in [-0.05, 0) is 72.1 Å². The minimum Gasteiger partial charge on any atom is -0.484 e.